The fourth-order valence-corrected chi connectivity index (χ4v) is 1.50. The Morgan fingerprint density at radius 3 is 2.92 bits per heavy atom. The molecule has 0 radical (unpaired) electrons. The average molecular weight is 160 g/mol. The van der Waals surface area contributed by atoms with E-state index in [4.69, 9.17) is 0 Å². The zero-order valence-electron chi connectivity index (χ0n) is 7.46. The molecule has 0 bridgehead atoms. The summed E-state index contributed by atoms with van der Waals surface area (Å²) in [4.78, 5) is 8.56. The Bertz CT molecular complexity index is 340. The van der Waals surface area contributed by atoms with Gasteiger partial charge in [0.2, 0.25) is 0 Å². The van der Waals surface area contributed by atoms with Crippen molar-refractivity contribution >= 4 is 6.08 Å². The summed E-state index contributed by atoms with van der Waals surface area (Å²) in [5, 5.41) is 0. The fraction of sp³-hybridized carbons (Fsp3) is 0.400. The maximum Gasteiger partial charge on any atom is 0.125 e. The number of aromatic nitrogens is 2. The highest BCUT2D eigenvalue weighted by molar-refractivity contribution is 5.56. The highest BCUT2D eigenvalue weighted by Crippen LogP contribution is 2.20. The number of aryl methyl sites for hydroxylation is 2. The first-order valence-electron chi connectivity index (χ1n) is 4.25. The van der Waals surface area contributed by atoms with E-state index in [1.54, 1.807) is 0 Å². The van der Waals surface area contributed by atoms with Crippen LogP contribution in [-0.4, -0.2) is 9.97 Å². The van der Waals surface area contributed by atoms with Gasteiger partial charge in [0.1, 0.15) is 5.82 Å². The molecular weight excluding hydrogens is 148 g/mol. The van der Waals surface area contributed by atoms with Crippen molar-refractivity contribution in [1.29, 1.82) is 0 Å². The van der Waals surface area contributed by atoms with Crippen LogP contribution in [0.3, 0.4) is 0 Å². The molecule has 0 saturated heterocycles. The van der Waals surface area contributed by atoms with E-state index in [0.29, 0.717) is 0 Å². The molecule has 0 unspecified atom stereocenters. The Labute approximate surface area is 72.4 Å². The molecule has 0 saturated carbocycles. The molecule has 0 atom stereocenters. The number of fused-ring (bicyclic) bond motifs is 1. The van der Waals surface area contributed by atoms with E-state index in [1.165, 1.54) is 16.8 Å². The van der Waals surface area contributed by atoms with Gasteiger partial charge in [0.05, 0.1) is 5.69 Å². The van der Waals surface area contributed by atoms with Gasteiger partial charge in [-0.25, -0.2) is 9.97 Å². The molecule has 62 valence electrons. The van der Waals surface area contributed by atoms with Crippen molar-refractivity contribution in [2.75, 3.05) is 0 Å². The van der Waals surface area contributed by atoms with Crippen LogP contribution in [0.1, 0.15) is 30.4 Å². The molecular formula is C10H12N2. The number of rotatable bonds is 0. The topological polar surface area (TPSA) is 25.8 Å². The van der Waals surface area contributed by atoms with Gasteiger partial charge in [0.25, 0.3) is 0 Å². The van der Waals surface area contributed by atoms with E-state index in [0.717, 1.165) is 18.7 Å². The van der Waals surface area contributed by atoms with Crippen LogP contribution in [0, 0.1) is 6.92 Å². The highest BCUT2D eigenvalue weighted by Gasteiger charge is 2.08. The minimum absolute atomic E-state index is 0.877. The van der Waals surface area contributed by atoms with E-state index in [-0.39, 0.29) is 0 Å². The predicted octanol–water partition coefficient (Wildman–Crippen LogP) is 2.13. The Balaban J connectivity index is 2.51. The normalized spacial score (nSPS) is 15.3. The second-order valence-corrected chi connectivity index (χ2v) is 3.31. The summed E-state index contributed by atoms with van der Waals surface area (Å²) in [5.74, 6) is 0.877. The van der Waals surface area contributed by atoms with Crippen molar-refractivity contribution in [3.05, 3.63) is 28.9 Å². The lowest BCUT2D eigenvalue weighted by Crippen LogP contribution is -2.03. The Hall–Kier alpha value is -1.18. The molecule has 0 spiro atoms. The van der Waals surface area contributed by atoms with E-state index in [1.807, 2.05) is 13.1 Å². The van der Waals surface area contributed by atoms with Gasteiger partial charge in [0, 0.05) is 11.8 Å². The lowest BCUT2D eigenvalue weighted by Gasteiger charge is -2.12. The van der Waals surface area contributed by atoms with Gasteiger partial charge in [-0.05, 0) is 26.7 Å². The Kier molecular flexibility index (Phi) is 1.68. The zero-order chi connectivity index (χ0) is 8.55. The van der Waals surface area contributed by atoms with Crippen molar-refractivity contribution in [3.8, 4) is 0 Å². The summed E-state index contributed by atoms with van der Waals surface area (Å²) in [6.45, 7) is 4.09. The fourth-order valence-electron chi connectivity index (χ4n) is 1.50. The van der Waals surface area contributed by atoms with Gasteiger partial charge in [-0.3, -0.25) is 0 Å². The van der Waals surface area contributed by atoms with Crippen LogP contribution in [0.15, 0.2) is 11.8 Å². The standard InChI is InChI=1S/C10H12N2/c1-7-3-4-10-9(5-7)6-11-8(2)12-10/h5-6H,3-4H2,1-2H3. The van der Waals surface area contributed by atoms with Crippen LogP contribution in [0.25, 0.3) is 6.08 Å². The lowest BCUT2D eigenvalue weighted by atomic mass is 9.98. The molecule has 12 heavy (non-hydrogen) atoms. The van der Waals surface area contributed by atoms with Crippen LogP contribution in [0.4, 0.5) is 0 Å². The molecule has 0 aliphatic heterocycles. The Morgan fingerprint density at radius 1 is 1.25 bits per heavy atom. The zero-order valence-corrected chi connectivity index (χ0v) is 7.46. The summed E-state index contributed by atoms with van der Waals surface area (Å²) < 4.78 is 0. The highest BCUT2D eigenvalue weighted by atomic mass is 14.9. The van der Waals surface area contributed by atoms with Gasteiger partial charge >= 0.3 is 0 Å². The van der Waals surface area contributed by atoms with Crippen LogP contribution < -0.4 is 0 Å². The van der Waals surface area contributed by atoms with E-state index in [9.17, 15) is 0 Å². The van der Waals surface area contributed by atoms with Crippen LogP contribution >= 0.6 is 0 Å². The molecule has 2 heteroatoms. The van der Waals surface area contributed by atoms with Crippen molar-refractivity contribution in [1.82, 2.24) is 9.97 Å². The number of hydrogen-bond donors (Lipinski definition) is 0. The molecule has 0 aromatic carbocycles. The number of allylic oxidation sites excluding steroid dienone is 1. The smallest absolute Gasteiger partial charge is 0.125 e. The minimum Gasteiger partial charge on any atom is -0.241 e. The molecule has 1 aromatic heterocycles. The molecule has 1 aliphatic rings. The van der Waals surface area contributed by atoms with Crippen molar-refractivity contribution in [3.63, 3.8) is 0 Å². The van der Waals surface area contributed by atoms with Crippen molar-refractivity contribution in [2.45, 2.75) is 26.7 Å². The predicted molar refractivity (Wildman–Crippen MR) is 48.7 cm³/mol. The van der Waals surface area contributed by atoms with Crippen LogP contribution in [0.2, 0.25) is 0 Å². The second-order valence-electron chi connectivity index (χ2n) is 3.31. The van der Waals surface area contributed by atoms with Gasteiger partial charge < -0.3 is 0 Å². The summed E-state index contributed by atoms with van der Waals surface area (Å²) in [6, 6.07) is 0. The summed E-state index contributed by atoms with van der Waals surface area (Å²) in [5.41, 5.74) is 3.83. The molecule has 1 aromatic rings. The number of nitrogens with zero attached hydrogens (tertiary/aromatic N) is 2. The quantitative estimate of drug-likeness (QED) is 0.581. The third-order valence-electron chi connectivity index (χ3n) is 2.18. The maximum atomic E-state index is 4.39. The van der Waals surface area contributed by atoms with E-state index < -0.39 is 0 Å². The first-order valence-corrected chi connectivity index (χ1v) is 4.25. The maximum absolute atomic E-state index is 4.39. The monoisotopic (exact) mass is 160 g/mol. The van der Waals surface area contributed by atoms with Gasteiger partial charge in [0.15, 0.2) is 0 Å². The minimum atomic E-state index is 0.877. The van der Waals surface area contributed by atoms with Crippen LogP contribution in [-0.2, 0) is 6.42 Å². The molecule has 2 rings (SSSR count). The molecule has 0 amide bonds. The van der Waals surface area contributed by atoms with Crippen molar-refractivity contribution in [2.24, 2.45) is 0 Å². The first-order chi connectivity index (χ1) is 5.75. The molecule has 1 aliphatic carbocycles. The van der Waals surface area contributed by atoms with Crippen LogP contribution in [0.5, 0.6) is 0 Å². The summed E-state index contributed by atoms with van der Waals surface area (Å²) in [7, 11) is 0. The second kappa shape index (κ2) is 2.70. The first kappa shape index (κ1) is 7.47. The lowest BCUT2D eigenvalue weighted by molar-refractivity contribution is 0.853. The van der Waals surface area contributed by atoms with Crippen molar-refractivity contribution < 1.29 is 0 Å². The summed E-state index contributed by atoms with van der Waals surface area (Å²) in [6.07, 6.45) is 6.31. The SMILES string of the molecule is CC1=Cc2cnc(C)nc2CC1. The molecule has 1 heterocycles. The Morgan fingerprint density at radius 2 is 2.08 bits per heavy atom. The van der Waals surface area contributed by atoms with E-state index >= 15 is 0 Å². The van der Waals surface area contributed by atoms with Gasteiger partial charge in [-0.1, -0.05) is 11.6 Å². The van der Waals surface area contributed by atoms with E-state index in [2.05, 4.69) is 23.0 Å². The largest absolute Gasteiger partial charge is 0.241 e. The third-order valence-corrected chi connectivity index (χ3v) is 2.18. The third kappa shape index (κ3) is 1.24. The summed E-state index contributed by atoms with van der Waals surface area (Å²) >= 11 is 0. The number of hydrogen-bond acceptors (Lipinski definition) is 2. The molecule has 0 N–H and O–H groups in total. The average Bonchev–Trinajstić information content (AvgIpc) is 2.05. The van der Waals surface area contributed by atoms with Gasteiger partial charge in [-0.15, -0.1) is 0 Å². The molecule has 0 fully saturated rings. The van der Waals surface area contributed by atoms with Gasteiger partial charge in [-0.2, -0.15) is 0 Å². The molecule has 2 nitrogen and oxygen atoms in total.